The highest BCUT2D eigenvalue weighted by Crippen LogP contribution is 2.52. The van der Waals surface area contributed by atoms with Crippen molar-refractivity contribution in [3.05, 3.63) is 0 Å². The number of hydrogen-bond donors (Lipinski definition) is 2. The minimum Gasteiger partial charge on any atom is -0.458 e. The van der Waals surface area contributed by atoms with E-state index in [1.165, 1.54) is 0 Å². The lowest BCUT2D eigenvalue weighted by Crippen LogP contribution is -2.33. The number of esters is 1. The molecule has 0 spiro atoms. The first kappa shape index (κ1) is 12.8. The number of carbonyl (C=O) groups excluding carboxylic acids is 1. The minimum atomic E-state index is -3.04. The van der Waals surface area contributed by atoms with Gasteiger partial charge in [0.15, 0.2) is 0 Å². The summed E-state index contributed by atoms with van der Waals surface area (Å²) in [5, 5.41) is -0.566. The van der Waals surface area contributed by atoms with Crippen molar-refractivity contribution in [3.8, 4) is 0 Å². The molecule has 1 aliphatic rings. The molecule has 0 bridgehead atoms. The van der Waals surface area contributed by atoms with Gasteiger partial charge in [-0.1, -0.05) is 0 Å². The monoisotopic (exact) mass is 238 g/mol. The fraction of sp³-hybridized carbons (Fsp3) is 0.889. The first-order chi connectivity index (χ1) is 6.64. The van der Waals surface area contributed by atoms with Gasteiger partial charge in [-0.05, 0) is 27.7 Å². The van der Waals surface area contributed by atoms with E-state index >= 15 is 0 Å². The maximum Gasteiger partial charge on any atom is 0.311 e. The van der Waals surface area contributed by atoms with Crippen LogP contribution >= 0.6 is 10.9 Å². The Bertz CT molecular complexity index is 258. The largest absolute Gasteiger partial charge is 0.458 e. The highest BCUT2D eigenvalue weighted by atomic mass is 32.3. The SMILES string of the molecule is CC1C(OC(=O)C(C)(C)C)COS1(O)O. The molecular formula is C9H18O5S. The number of ether oxygens (including phenoxy) is 1. The minimum absolute atomic E-state index is 0.0469. The van der Waals surface area contributed by atoms with Gasteiger partial charge in [0.1, 0.15) is 12.7 Å². The zero-order valence-corrected chi connectivity index (χ0v) is 10.2. The van der Waals surface area contributed by atoms with E-state index in [9.17, 15) is 13.9 Å². The molecular weight excluding hydrogens is 220 g/mol. The smallest absolute Gasteiger partial charge is 0.311 e. The fourth-order valence-electron chi connectivity index (χ4n) is 1.05. The van der Waals surface area contributed by atoms with Crippen molar-refractivity contribution in [2.75, 3.05) is 6.61 Å². The lowest BCUT2D eigenvalue weighted by Gasteiger charge is -2.26. The second-order valence-corrected chi connectivity index (χ2v) is 6.78. The highest BCUT2D eigenvalue weighted by Gasteiger charge is 2.44. The Kier molecular flexibility index (Phi) is 3.35. The Balaban J connectivity index is 2.59. The average Bonchev–Trinajstić information content (AvgIpc) is 2.30. The lowest BCUT2D eigenvalue weighted by molar-refractivity contribution is -0.158. The van der Waals surface area contributed by atoms with Crippen molar-refractivity contribution in [2.24, 2.45) is 5.41 Å². The Hall–Kier alpha value is -0.300. The molecule has 2 atom stereocenters. The van der Waals surface area contributed by atoms with Crippen LogP contribution in [0, 0.1) is 5.41 Å². The molecule has 2 N–H and O–H groups in total. The van der Waals surface area contributed by atoms with Gasteiger partial charge in [-0.25, -0.2) is 0 Å². The van der Waals surface area contributed by atoms with Gasteiger partial charge < -0.3 is 13.8 Å². The molecule has 1 aliphatic heterocycles. The van der Waals surface area contributed by atoms with E-state index in [2.05, 4.69) is 0 Å². The number of carbonyl (C=O) groups is 1. The van der Waals surface area contributed by atoms with E-state index < -0.39 is 27.6 Å². The summed E-state index contributed by atoms with van der Waals surface area (Å²) < 4.78 is 28.7. The lowest BCUT2D eigenvalue weighted by atomic mass is 9.97. The van der Waals surface area contributed by atoms with E-state index in [0.29, 0.717) is 0 Å². The van der Waals surface area contributed by atoms with Gasteiger partial charge in [0.2, 0.25) is 0 Å². The second-order valence-electron chi connectivity index (χ2n) is 4.72. The van der Waals surface area contributed by atoms with Crippen molar-refractivity contribution in [3.63, 3.8) is 0 Å². The van der Waals surface area contributed by atoms with Gasteiger partial charge in [-0.2, -0.15) is 0 Å². The standard InChI is InChI=1S/C9H18O5S/c1-6-7(5-13-15(6,11)12)14-8(10)9(2,3)4/h6-7,11-12H,5H2,1-4H3. The molecule has 15 heavy (non-hydrogen) atoms. The Morgan fingerprint density at radius 1 is 1.47 bits per heavy atom. The summed E-state index contributed by atoms with van der Waals surface area (Å²) in [6, 6.07) is 0. The summed E-state index contributed by atoms with van der Waals surface area (Å²) in [5.41, 5.74) is -0.592. The summed E-state index contributed by atoms with van der Waals surface area (Å²) in [7, 11) is -3.04. The summed E-state index contributed by atoms with van der Waals surface area (Å²) in [5.74, 6) is -0.361. The first-order valence-electron chi connectivity index (χ1n) is 4.77. The second kappa shape index (κ2) is 3.93. The van der Waals surface area contributed by atoms with Crippen molar-refractivity contribution in [2.45, 2.75) is 39.0 Å². The third-order valence-electron chi connectivity index (χ3n) is 2.28. The van der Waals surface area contributed by atoms with Gasteiger partial charge in [0.05, 0.1) is 21.5 Å². The van der Waals surface area contributed by atoms with Crippen LogP contribution in [0.15, 0.2) is 0 Å². The summed E-state index contributed by atoms with van der Waals surface area (Å²) in [6.07, 6.45) is -0.568. The maximum absolute atomic E-state index is 11.5. The van der Waals surface area contributed by atoms with Gasteiger partial charge >= 0.3 is 5.97 Å². The number of hydrogen-bond acceptors (Lipinski definition) is 5. The third-order valence-corrected chi connectivity index (χ3v) is 4.04. The molecule has 0 aromatic rings. The molecule has 2 unspecified atom stereocenters. The zero-order valence-electron chi connectivity index (χ0n) is 9.39. The Morgan fingerprint density at radius 3 is 2.33 bits per heavy atom. The van der Waals surface area contributed by atoms with Crippen LogP contribution in [0.25, 0.3) is 0 Å². The van der Waals surface area contributed by atoms with E-state index in [4.69, 9.17) is 8.92 Å². The first-order valence-corrected chi connectivity index (χ1v) is 6.30. The quantitative estimate of drug-likeness (QED) is 0.683. The van der Waals surface area contributed by atoms with E-state index in [-0.39, 0.29) is 12.6 Å². The Morgan fingerprint density at radius 2 is 2.00 bits per heavy atom. The maximum atomic E-state index is 11.5. The fourth-order valence-corrected chi connectivity index (χ4v) is 2.13. The molecule has 0 aromatic heterocycles. The van der Waals surface area contributed by atoms with E-state index in [1.54, 1.807) is 27.7 Å². The van der Waals surface area contributed by atoms with Gasteiger partial charge in [0, 0.05) is 0 Å². The number of rotatable bonds is 1. The molecule has 0 radical (unpaired) electrons. The van der Waals surface area contributed by atoms with Gasteiger partial charge in [-0.3, -0.25) is 8.98 Å². The normalized spacial score (nSPS) is 32.4. The molecule has 1 fully saturated rings. The summed E-state index contributed by atoms with van der Waals surface area (Å²) >= 11 is 0. The molecule has 90 valence electrons. The van der Waals surface area contributed by atoms with Crippen LogP contribution in [-0.4, -0.2) is 33.0 Å². The van der Waals surface area contributed by atoms with Gasteiger partial charge in [-0.15, -0.1) is 0 Å². The molecule has 0 aliphatic carbocycles. The average molecular weight is 238 g/mol. The molecule has 1 rings (SSSR count). The van der Waals surface area contributed by atoms with Crippen molar-refractivity contribution in [1.29, 1.82) is 0 Å². The summed E-state index contributed by atoms with van der Waals surface area (Å²) in [6.45, 7) is 6.88. The topological polar surface area (TPSA) is 76.0 Å². The predicted octanol–water partition coefficient (Wildman–Crippen LogP) is 2.03. The van der Waals surface area contributed by atoms with E-state index in [1.807, 2.05) is 0 Å². The van der Waals surface area contributed by atoms with Crippen LogP contribution in [0.1, 0.15) is 27.7 Å². The highest BCUT2D eigenvalue weighted by molar-refractivity contribution is 8.20. The van der Waals surface area contributed by atoms with E-state index in [0.717, 1.165) is 0 Å². The molecule has 6 heteroatoms. The molecule has 0 saturated carbocycles. The van der Waals surface area contributed by atoms with Crippen molar-refractivity contribution >= 4 is 16.8 Å². The zero-order chi connectivity index (χ0) is 11.9. The van der Waals surface area contributed by atoms with Crippen LogP contribution in [0.4, 0.5) is 0 Å². The van der Waals surface area contributed by atoms with Crippen LogP contribution < -0.4 is 0 Å². The van der Waals surface area contributed by atoms with Crippen LogP contribution in [0.5, 0.6) is 0 Å². The molecule has 1 saturated heterocycles. The van der Waals surface area contributed by atoms with Gasteiger partial charge in [0.25, 0.3) is 0 Å². The third kappa shape index (κ3) is 2.84. The molecule has 0 amide bonds. The Labute approximate surface area is 91.3 Å². The molecule has 5 nitrogen and oxygen atoms in total. The van der Waals surface area contributed by atoms with Crippen molar-refractivity contribution < 1.29 is 22.8 Å². The van der Waals surface area contributed by atoms with Crippen molar-refractivity contribution in [1.82, 2.24) is 0 Å². The molecule has 1 heterocycles. The predicted molar refractivity (Wildman–Crippen MR) is 57.6 cm³/mol. The molecule has 0 aromatic carbocycles. The van der Waals surface area contributed by atoms with Crippen LogP contribution in [0.2, 0.25) is 0 Å². The summed E-state index contributed by atoms with van der Waals surface area (Å²) in [4.78, 5) is 11.5. The van der Waals surface area contributed by atoms with Crippen LogP contribution in [0.3, 0.4) is 0 Å². The van der Waals surface area contributed by atoms with Crippen LogP contribution in [-0.2, 0) is 13.7 Å².